The molecule has 5 nitrogen and oxygen atoms in total. The van der Waals surface area contributed by atoms with Crippen LogP contribution in [0.3, 0.4) is 0 Å². The largest absolute Gasteiger partial charge is 0.388 e. The minimum absolute atomic E-state index is 0.221. The smallest absolute Gasteiger partial charge is 0.186 e. The predicted molar refractivity (Wildman–Crippen MR) is 58.2 cm³/mol. The minimum atomic E-state index is -0.659. The fourth-order valence-corrected chi connectivity index (χ4v) is 1.83. The fourth-order valence-electron chi connectivity index (χ4n) is 1.83. The molecular weight excluding hydrogens is 212 g/mol. The van der Waals surface area contributed by atoms with Gasteiger partial charge in [-0.05, 0) is 20.8 Å². The average molecular weight is 234 g/mol. The molecule has 16 heavy (non-hydrogen) atoms. The van der Waals surface area contributed by atoms with Crippen molar-refractivity contribution in [1.29, 1.82) is 0 Å². The number of hydrogen-bond donors (Lipinski definition) is 1. The van der Waals surface area contributed by atoms with Gasteiger partial charge in [-0.15, -0.1) is 0 Å². The zero-order valence-electron chi connectivity index (χ0n) is 10.2. The van der Waals surface area contributed by atoms with E-state index in [-0.39, 0.29) is 18.8 Å². The van der Waals surface area contributed by atoms with Crippen LogP contribution in [0.25, 0.3) is 0 Å². The molecular formula is C11H22O5. The summed E-state index contributed by atoms with van der Waals surface area (Å²) in [5.41, 5.74) is 0. The van der Waals surface area contributed by atoms with Crippen molar-refractivity contribution >= 4 is 0 Å². The van der Waals surface area contributed by atoms with E-state index in [1.807, 2.05) is 20.8 Å². The maximum Gasteiger partial charge on any atom is 0.186 e. The molecule has 1 N–H and O–H groups in total. The van der Waals surface area contributed by atoms with Crippen molar-refractivity contribution in [2.75, 3.05) is 26.4 Å². The first kappa shape index (κ1) is 13.9. The Morgan fingerprint density at radius 3 is 2.12 bits per heavy atom. The second kappa shape index (κ2) is 7.19. The second-order valence-electron chi connectivity index (χ2n) is 3.56. The summed E-state index contributed by atoms with van der Waals surface area (Å²) in [6.45, 7) is 7.51. The molecule has 0 aromatic heterocycles. The van der Waals surface area contributed by atoms with Crippen molar-refractivity contribution in [1.82, 2.24) is 0 Å². The van der Waals surface area contributed by atoms with E-state index in [1.54, 1.807) is 0 Å². The van der Waals surface area contributed by atoms with Crippen LogP contribution in [0.1, 0.15) is 20.8 Å². The standard InChI is InChI=1S/C11H22O5/c1-4-13-9-8(12)7-16-11(15-6-3)10(9)14-5-2/h8-12H,4-7H2,1-3H3. The zero-order chi connectivity index (χ0) is 12.0. The van der Waals surface area contributed by atoms with E-state index in [2.05, 4.69) is 0 Å². The minimum Gasteiger partial charge on any atom is -0.388 e. The molecule has 0 bridgehead atoms. The van der Waals surface area contributed by atoms with E-state index in [9.17, 15) is 5.11 Å². The number of rotatable bonds is 6. The van der Waals surface area contributed by atoms with Gasteiger partial charge in [-0.25, -0.2) is 0 Å². The maximum absolute atomic E-state index is 9.80. The molecule has 4 unspecified atom stereocenters. The second-order valence-corrected chi connectivity index (χ2v) is 3.56. The lowest BCUT2D eigenvalue weighted by Crippen LogP contribution is -2.56. The summed E-state index contributed by atoms with van der Waals surface area (Å²) in [7, 11) is 0. The Hall–Kier alpha value is -0.200. The number of ether oxygens (including phenoxy) is 4. The normalized spacial score (nSPS) is 35.2. The molecule has 0 aromatic rings. The van der Waals surface area contributed by atoms with Gasteiger partial charge in [0, 0.05) is 19.8 Å². The molecule has 1 fully saturated rings. The maximum atomic E-state index is 9.80. The number of aliphatic hydroxyl groups is 1. The highest BCUT2D eigenvalue weighted by Crippen LogP contribution is 2.22. The highest BCUT2D eigenvalue weighted by Gasteiger charge is 2.41. The third-order valence-corrected chi connectivity index (χ3v) is 2.45. The molecule has 0 spiro atoms. The van der Waals surface area contributed by atoms with Crippen LogP contribution in [0.2, 0.25) is 0 Å². The third kappa shape index (κ3) is 3.40. The van der Waals surface area contributed by atoms with Crippen molar-refractivity contribution in [3.8, 4) is 0 Å². The molecule has 1 aliphatic rings. The summed E-state index contributed by atoms with van der Waals surface area (Å²) in [6.07, 6.45) is -1.86. The first-order valence-corrected chi connectivity index (χ1v) is 5.89. The van der Waals surface area contributed by atoms with Crippen LogP contribution in [-0.4, -0.2) is 56.1 Å². The molecule has 0 aliphatic carbocycles. The van der Waals surface area contributed by atoms with Gasteiger partial charge < -0.3 is 24.1 Å². The molecule has 1 heterocycles. The zero-order valence-corrected chi connectivity index (χ0v) is 10.2. The van der Waals surface area contributed by atoms with Crippen LogP contribution in [-0.2, 0) is 18.9 Å². The quantitative estimate of drug-likeness (QED) is 0.727. The van der Waals surface area contributed by atoms with E-state index >= 15 is 0 Å². The molecule has 1 aliphatic heterocycles. The Morgan fingerprint density at radius 2 is 1.56 bits per heavy atom. The van der Waals surface area contributed by atoms with Crippen molar-refractivity contribution in [2.24, 2.45) is 0 Å². The monoisotopic (exact) mass is 234 g/mol. The Kier molecular flexibility index (Phi) is 6.23. The Morgan fingerprint density at radius 1 is 1.00 bits per heavy atom. The van der Waals surface area contributed by atoms with Crippen molar-refractivity contribution < 1.29 is 24.1 Å². The highest BCUT2D eigenvalue weighted by atomic mass is 16.7. The summed E-state index contributed by atoms with van der Waals surface area (Å²) >= 11 is 0. The van der Waals surface area contributed by atoms with E-state index < -0.39 is 12.4 Å². The lowest BCUT2D eigenvalue weighted by molar-refractivity contribution is -0.286. The first-order chi connectivity index (χ1) is 7.74. The molecule has 0 radical (unpaired) electrons. The summed E-state index contributed by atoms with van der Waals surface area (Å²) < 4.78 is 21.9. The molecule has 1 rings (SSSR count). The first-order valence-electron chi connectivity index (χ1n) is 5.89. The van der Waals surface area contributed by atoms with Crippen LogP contribution in [0.5, 0.6) is 0 Å². The van der Waals surface area contributed by atoms with Gasteiger partial charge in [0.1, 0.15) is 18.3 Å². The summed E-state index contributed by atoms with van der Waals surface area (Å²) in [5.74, 6) is 0. The lowest BCUT2D eigenvalue weighted by atomic mass is 10.0. The summed E-state index contributed by atoms with van der Waals surface area (Å²) in [6, 6.07) is 0. The Balaban J connectivity index is 2.65. The molecule has 4 atom stereocenters. The SMILES string of the molecule is CCOC1OCC(O)C(OCC)C1OCC. The Bertz CT molecular complexity index is 187. The van der Waals surface area contributed by atoms with Gasteiger partial charge in [0.25, 0.3) is 0 Å². The highest BCUT2D eigenvalue weighted by molar-refractivity contribution is 4.85. The molecule has 1 saturated heterocycles. The van der Waals surface area contributed by atoms with Gasteiger partial charge in [-0.3, -0.25) is 0 Å². The topological polar surface area (TPSA) is 57.2 Å². The average Bonchev–Trinajstić information content (AvgIpc) is 2.27. The van der Waals surface area contributed by atoms with Gasteiger partial charge >= 0.3 is 0 Å². The van der Waals surface area contributed by atoms with Crippen LogP contribution in [0.4, 0.5) is 0 Å². The number of aliphatic hydroxyl groups excluding tert-OH is 1. The van der Waals surface area contributed by atoms with Crippen molar-refractivity contribution in [3.05, 3.63) is 0 Å². The van der Waals surface area contributed by atoms with Crippen LogP contribution >= 0.6 is 0 Å². The van der Waals surface area contributed by atoms with Gasteiger partial charge in [0.15, 0.2) is 6.29 Å². The van der Waals surface area contributed by atoms with Gasteiger partial charge in [-0.2, -0.15) is 0 Å². The predicted octanol–water partition coefficient (Wildman–Crippen LogP) is 0.550. The van der Waals surface area contributed by atoms with Crippen LogP contribution in [0, 0.1) is 0 Å². The van der Waals surface area contributed by atoms with E-state index in [0.29, 0.717) is 19.8 Å². The number of hydrogen-bond acceptors (Lipinski definition) is 5. The van der Waals surface area contributed by atoms with Crippen molar-refractivity contribution in [3.63, 3.8) is 0 Å². The Labute approximate surface area is 96.6 Å². The molecule has 0 aromatic carbocycles. The van der Waals surface area contributed by atoms with E-state index in [0.717, 1.165) is 0 Å². The van der Waals surface area contributed by atoms with E-state index in [4.69, 9.17) is 18.9 Å². The van der Waals surface area contributed by atoms with Crippen LogP contribution in [0.15, 0.2) is 0 Å². The lowest BCUT2D eigenvalue weighted by Gasteiger charge is -2.39. The summed E-state index contributed by atoms with van der Waals surface area (Å²) in [4.78, 5) is 0. The fraction of sp³-hybridized carbons (Fsp3) is 1.00. The summed E-state index contributed by atoms with van der Waals surface area (Å²) in [5, 5.41) is 9.80. The molecule has 0 saturated carbocycles. The molecule has 5 heteroatoms. The van der Waals surface area contributed by atoms with Crippen molar-refractivity contribution in [2.45, 2.75) is 45.4 Å². The molecule has 96 valence electrons. The van der Waals surface area contributed by atoms with E-state index in [1.165, 1.54) is 0 Å². The van der Waals surface area contributed by atoms with Gasteiger partial charge in [0.05, 0.1) is 6.61 Å². The molecule has 0 amide bonds. The van der Waals surface area contributed by atoms with Crippen LogP contribution < -0.4 is 0 Å². The third-order valence-electron chi connectivity index (χ3n) is 2.45. The van der Waals surface area contributed by atoms with Gasteiger partial charge in [-0.1, -0.05) is 0 Å². The van der Waals surface area contributed by atoms with Gasteiger partial charge in [0.2, 0.25) is 0 Å².